The van der Waals surface area contributed by atoms with Gasteiger partial charge in [-0.1, -0.05) is 53.2 Å². The summed E-state index contributed by atoms with van der Waals surface area (Å²) in [5.74, 6) is 0.559. The number of hydrogen-bond donors (Lipinski definition) is 2. The minimum atomic E-state index is -0.652. The molecule has 1 heterocycles. The molecule has 35 heavy (non-hydrogen) atoms. The van der Waals surface area contributed by atoms with Crippen LogP contribution in [0.5, 0.6) is 0 Å². The first-order valence-electron chi connectivity index (χ1n) is 13.0. The minimum absolute atomic E-state index is 0.0686. The summed E-state index contributed by atoms with van der Waals surface area (Å²) in [6.45, 7) is 13.8. The van der Waals surface area contributed by atoms with E-state index in [4.69, 9.17) is 4.74 Å². The molecule has 7 heteroatoms. The number of H-pyrrole nitrogens is 1. The number of carbonyl (C=O) groups excluding carboxylic acids is 2. The standard InChI is InChI=1S/C28H42N4O3/c1-8-10-15-32(26(33)25(18(3)4)31-27(34)35-7)17-23-29-16-22(30-23)20-12-11-19(5)24-21(20)13-14-28(24,6)9-2/h11-12,16,18,25H,8-10,13-15,17H2,1-7H3,(H,29,30)(H,31,34). The fourth-order valence-electron chi connectivity index (χ4n) is 5.27. The molecule has 1 aliphatic rings. The Morgan fingerprint density at radius 3 is 2.66 bits per heavy atom. The second kappa shape index (κ2) is 11.3. The third-order valence-electron chi connectivity index (χ3n) is 7.58. The number of ether oxygens (including phenoxy) is 1. The molecular weight excluding hydrogens is 440 g/mol. The van der Waals surface area contributed by atoms with E-state index >= 15 is 0 Å². The number of benzene rings is 1. The summed E-state index contributed by atoms with van der Waals surface area (Å²) in [7, 11) is 1.31. The first-order valence-corrected chi connectivity index (χ1v) is 13.0. The zero-order valence-electron chi connectivity index (χ0n) is 22.5. The van der Waals surface area contributed by atoms with Crippen LogP contribution >= 0.6 is 0 Å². The van der Waals surface area contributed by atoms with Gasteiger partial charge >= 0.3 is 6.09 Å². The van der Waals surface area contributed by atoms with Gasteiger partial charge in [-0.25, -0.2) is 9.78 Å². The quantitative estimate of drug-likeness (QED) is 0.467. The van der Waals surface area contributed by atoms with Crippen molar-refractivity contribution >= 4 is 12.0 Å². The number of aromatic amines is 1. The third-order valence-corrected chi connectivity index (χ3v) is 7.58. The Balaban J connectivity index is 1.87. The van der Waals surface area contributed by atoms with Crippen LogP contribution in [-0.4, -0.2) is 46.6 Å². The van der Waals surface area contributed by atoms with Crippen LogP contribution in [0.3, 0.4) is 0 Å². The summed E-state index contributed by atoms with van der Waals surface area (Å²) in [6, 6.07) is 3.76. The Hall–Kier alpha value is -2.83. The predicted octanol–water partition coefficient (Wildman–Crippen LogP) is 5.51. The van der Waals surface area contributed by atoms with Crippen molar-refractivity contribution in [2.75, 3.05) is 13.7 Å². The SMILES string of the molecule is CCCCN(Cc1ncc(-c2ccc(C)c3c2CCC3(C)CC)[nH]1)C(=O)C(NC(=O)OC)C(C)C. The average Bonchev–Trinajstić information content (AvgIpc) is 3.45. The third kappa shape index (κ3) is 5.71. The van der Waals surface area contributed by atoms with E-state index in [1.54, 1.807) is 4.90 Å². The molecule has 2 atom stereocenters. The van der Waals surface area contributed by atoms with Crippen molar-refractivity contribution in [1.82, 2.24) is 20.2 Å². The van der Waals surface area contributed by atoms with Gasteiger partial charge in [-0.15, -0.1) is 0 Å². The molecule has 2 N–H and O–H groups in total. The summed E-state index contributed by atoms with van der Waals surface area (Å²) in [6.07, 6.45) is 6.50. The number of nitrogens with zero attached hydrogens (tertiary/aromatic N) is 2. The van der Waals surface area contributed by atoms with Crippen LogP contribution < -0.4 is 5.32 Å². The second-order valence-electron chi connectivity index (χ2n) is 10.4. The molecule has 0 saturated carbocycles. The van der Waals surface area contributed by atoms with Crippen LogP contribution in [0, 0.1) is 12.8 Å². The molecular formula is C28H42N4O3. The predicted molar refractivity (Wildman–Crippen MR) is 139 cm³/mol. The highest BCUT2D eigenvalue weighted by molar-refractivity contribution is 5.86. The summed E-state index contributed by atoms with van der Waals surface area (Å²) >= 11 is 0. The summed E-state index contributed by atoms with van der Waals surface area (Å²) in [5, 5.41) is 2.70. The molecule has 3 rings (SSSR count). The van der Waals surface area contributed by atoms with Crippen molar-refractivity contribution in [1.29, 1.82) is 0 Å². The summed E-state index contributed by atoms with van der Waals surface area (Å²) < 4.78 is 4.74. The lowest BCUT2D eigenvalue weighted by molar-refractivity contribution is -0.135. The van der Waals surface area contributed by atoms with Gasteiger partial charge in [0.25, 0.3) is 0 Å². The molecule has 0 radical (unpaired) electrons. The number of hydrogen-bond acceptors (Lipinski definition) is 4. The van der Waals surface area contributed by atoms with Gasteiger partial charge in [0.15, 0.2) is 0 Å². The van der Waals surface area contributed by atoms with Crippen LogP contribution in [0.1, 0.15) is 82.8 Å². The summed E-state index contributed by atoms with van der Waals surface area (Å²) in [4.78, 5) is 35.2. The lowest BCUT2D eigenvalue weighted by Gasteiger charge is -2.29. The fourth-order valence-corrected chi connectivity index (χ4v) is 5.27. The van der Waals surface area contributed by atoms with E-state index in [0.717, 1.165) is 37.2 Å². The molecule has 1 aliphatic carbocycles. The highest BCUT2D eigenvalue weighted by Crippen LogP contribution is 2.46. The monoisotopic (exact) mass is 482 g/mol. The number of amides is 2. The van der Waals surface area contributed by atoms with Gasteiger partial charge in [0, 0.05) is 12.1 Å². The number of carbonyl (C=O) groups is 2. The molecule has 2 unspecified atom stereocenters. The van der Waals surface area contributed by atoms with Gasteiger partial charge in [0.05, 0.1) is 25.5 Å². The molecule has 192 valence electrons. The molecule has 1 aromatic carbocycles. The number of unbranched alkanes of at least 4 members (excludes halogenated alkanes) is 1. The number of aryl methyl sites for hydroxylation is 1. The fraction of sp³-hybridized carbons (Fsp3) is 0.607. The molecule has 2 amide bonds. The lowest BCUT2D eigenvalue weighted by Crippen LogP contribution is -2.51. The van der Waals surface area contributed by atoms with E-state index in [9.17, 15) is 9.59 Å². The normalized spacial score (nSPS) is 17.8. The molecule has 7 nitrogen and oxygen atoms in total. The van der Waals surface area contributed by atoms with E-state index in [-0.39, 0.29) is 17.2 Å². The topological polar surface area (TPSA) is 87.3 Å². The average molecular weight is 483 g/mol. The summed E-state index contributed by atoms with van der Waals surface area (Å²) in [5.41, 5.74) is 6.69. The highest BCUT2D eigenvalue weighted by atomic mass is 16.5. The zero-order chi connectivity index (χ0) is 25.8. The van der Waals surface area contributed by atoms with Crippen LogP contribution in [-0.2, 0) is 27.9 Å². The van der Waals surface area contributed by atoms with E-state index in [1.807, 2.05) is 20.0 Å². The van der Waals surface area contributed by atoms with E-state index < -0.39 is 12.1 Å². The largest absolute Gasteiger partial charge is 0.453 e. The van der Waals surface area contributed by atoms with Gasteiger partial charge in [-0.2, -0.15) is 0 Å². The van der Waals surface area contributed by atoms with Crippen molar-refractivity contribution in [2.24, 2.45) is 5.92 Å². The number of fused-ring (bicyclic) bond motifs is 1. The highest BCUT2D eigenvalue weighted by Gasteiger charge is 2.36. The Kier molecular flexibility index (Phi) is 8.62. The maximum Gasteiger partial charge on any atom is 0.407 e. The van der Waals surface area contributed by atoms with E-state index in [2.05, 4.69) is 55.1 Å². The van der Waals surface area contributed by atoms with Gasteiger partial charge in [-0.3, -0.25) is 4.79 Å². The van der Waals surface area contributed by atoms with Gasteiger partial charge in [-0.05, 0) is 60.6 Å². The van der Waals surface area contributed by atoms with Crippen LogP contribution in [0.25, 0.3) is 11.3 Å². The number of imidazole rings is 1. The van der Waals surface area contributed by atoms with E-state index in [0.29, 0.717) is 13.1 Å². The maximum absolute atomic E-state index is 13.4. The molecule has 0 fully saturated rings. The van der Waals surface area contributed by atoms with Crippen LogP contribution in [0.2, 0.25) is 0 Å². The number of rotatable bonds is 10. The van der Waals surface area contributed by atoms with Gasteiger partial charge in [0.2, 0.25) is 5.91 Å². The Morgan fingerprint density at radius 1 is 1.29 bits per heavy atom. The lowest BCUT2D eigenvalue weighted by atomic mass is 9.79. The number of methoxy groups -OCH3 is 1. The van der Waals surface area contributed by atoms with E-state index in [1.165, 1.54) is 35.8 Å². The Bertz CT molecular complexity index is 1040. The van der Waals surface area contributed by atoms with Crippen LogP contribution in [0.15, 0.2) is 18.3 Å². The van der Waals surface area contributed by atoms with Crippen molar-refractivity contribution in [3.8, 4) is 11.3 Å². The molecule has 2 aromatic rings. The molecule has 0 aliphatic heterocycles. The number of nitrogens with one attached hydrogen (secondary N) is 2. The molecule has 1 aromatic heterocycles. The number of alkyl carbamates (subject to hydrolysis) is 1. The molecule has 0 spiro atoms. The minimum Gasteiger partial charge on any atom is -0.453 e. The molecule has 0 bridgehead atoms. The van der Waals surface area contributed by atoms with Gasteiger partial charge in [0.1, 0.15) is 11.9 Å². The smallest absolute Gasteiger partial charge is 0.407 e. The first-order chi connectivity index (χ1) is 16.6. The second-order valence-corrected chi connectivity index (χ2v) is 10.4. The maximum atomic E-state index is 13.4. The number of aromatic nitrogens is 2. The van der Waals surface area contributed by atoms with Crippen LogP contribution in [0.4, 0.5) is 4.79 Å². The Morgan fingerprint density at radius 2 is 2.03 bits per heavy atom. The van der Waals surface area contributed by atoms with Crippen molar-refractivity contribution < 1.29 is 14.3 Å². The van der Waals surface area contributed by atoms with Crippen molar-refractivity contribution in [2.45, 2.75) is 91.6 Å². The molecule has 0 saturated heterocycles. The zero-order valence-corrected chi connectivity index (χ0v) is 22.5. The first kappa shape index (κ1) is 26.8. The van der Waals surface area contributed by atoms with Gasteiger partial charge < -0.3 is 19.9 Å². The van der Waals surface area contributed by atoms with Crippen molar-refractivity contribution in [3.63, 3.8) is 0 Å². The Labute approximate surface area is 210 Å². The van der Waals surface area contributed by atoms with Crippen molar-refractivity contribution in [3.05, 3.63) is 40.8 Å².